The van der Waals surface area contributed by atoms with Gasteiger partial charge in [-0.05, 0) is 50.4 Å². The van der Waals surface area contributed by atoms with E-state index in [4.69, 9.17) is 0 Å². The van der Waals surface area contributed by atoms with Crippen molar-refractivity contribution in [1.29, 1.82) is 0 Å². The molecule has 0 radical (unpaired) electrons. The van der Waals surface area contributed by atoms with E-state index in [0.29, 0.717) is 12.1 Å². The van der Waals surface area contributed by atoms with Crippen molar-refractivity contribution in [3.8, 4) is 0 Å². The molecule has 1 fully saturated rings. The summed E-state index contributed by atoms with van der Waals surface area (Å²) in [6.45, 7) is 4.36. The second kappa shape index (κ2) is 6.12. The highest BCUT2D eigenvalue weighted by Gasteiger charge is 2.14. The number of hydrogen-bond acceptors (Lipinski definition) is 2. The van der Waals surface area contributed by atoms with Crippen LogP contribution in [0, 0.1) is 5.82 Å². The molecule has 2 N–H and O–H groups in total. The van der Waals surface area contributed by atoms with Crippen molar-refractivity contribution in [3.63, 3.8) is 0 Å². The molecule has 94 valence electrons. The normalized spacial score (nSPS) is 21.6. The lowest BCUT2D eigenvalue weighted by atomic mass is 10.1. The molecular weight excluding hydrogens is 215 g/mol. The highest BCUT2D eigenvalue weighted by molar-refractivity contribution is 5.16. The zero-order valence-electron chi connectivity index (χ0n) is 10.4. The lowest BCUT2D eigenvalue weighted by molar-refractivity contribution is 0.477. The summed E-state index contributed by atoms with van der Waals surface area (Å²) in [5.74, 6) is -0.162. The maximum absolute atomic E-state index is 12.8. The van der Waals surface area contributed by atoms with E-state index in [-0.39, 0.29) is 5.82 Å². The quantitative estimate of drug-likeness (QED) is 0.818. The largest absolute Gasteiger partial charge is 0.313 e. The van der Waals surface area contributed by atoms with Crippen LogP contribution in [0.15, 0.2) is 24.3 Å². The van der Waals surface area contributed by atoms with Crippen LogP contribution in [0.3, 0.4) is 0 Å². The molecule has 0 bridgehead atoms. The van der Waals surface area contributed by atoms with Crippen LogP contribution < -0.4 is 10.6 Å². The molecule has 1 aliphatic heterocycles. The first-order valence-electron chi connectivity index (χ1n) is 6.45. The van der Waals surface area contributed by atoms with Crippen LogP contribution in [-0.4, -0.2) is 25.2 Å². The molecule has 3 heteroatoms. The summed E-state index contributed by atoms with van der Waals surface area (Å²) in [6, 6.07) is 7.85. The Balaban J connectivity index is 1.72. The zero-order chi connectivity index (χ0) is 12.1. The molecule has 1 heterocycles. The van der Waals surface area contributed by atoms with Gasteiger partial charge in [0.1, 0.15) is 5.82 Å². The summed E-state index contributed by atoms with van der Waals surface area (Å²) in [7, 11) is 0. The highest BCUT2D eigenvalue weighted by atomic mass is 19.1. The SMILES string of the molecule is CC(Cc1ccc(F)cc1)NCC1CCCN1. The Morgan fingerprint density at radius 1 is 1.41 bits per heavy atom. The summed E-state index contributed by atoms with van der Waals surface area (Å²) in [5, 5.41) is 7.00. The Morgan fingerprint density at radius 2 is 2.18 bits per heavy atom. The van der Waals surface area contributed by atoms with E-state index in [1.165, 1.54) is 30.5 Å². The summed E-state index contributed by atoms with van der Waals surface area (Å²) in [4.78, 5) is 0. The topological polar surface area (TPSA) is 24.1 Å². The second-order valence-electron chi connectivity index (χ2n) is 4.93. The van der Waals surface area contributed by atoms with E-state index >= 15 is 0 Å². The van der Waals surface area contributed by atoms with Gasteiger partial charge in [0, 0.05) is 18.6 Å². The fraction of sp³-hybridized carbons (Fsp3) is 0.571. The Kier molecular flexibility index (Phi) is 4.51. The third-order valence-electron chi connectivity index (χ3n) is 3.33. The molecule has 1 aromatic carbocycles. The van der Waals surface area contributed by atoms with Gasteiger partial charge in [-0.2, -0.15) is 0 Å². The van der Waals surface area contributed by atoms with Crippen LogP contribution >= 0.6 is 0 Å². The molecule has 0 amide bonds. The molecule has 1 aliphatic rings. The molecule has 2 rings (SSSR count). The third-order valence-corrected chi connectivity index (χ3v) is 3.33. The van der Waals surface area contributed by atoms with Crippen LogP contribution in [0.4, 0.5) is 4.39 Å². The first-order chi connectivity index (χ1) is 8.24. The molecular formula is C14H21FN2. The van der Waals surface area contributed by atoms with E-state index in [2.05, 4.69) is 17.6 Å². The predicted molar refractivity (Wildman–Crippen MR) is 68.6 cm³/mol. The first kappa shape index (κ1) is 12.5. The molecule has 1 saturated heterocycles. The summed E-state index contributed by atoms with van der Waals surface area (Å²) in [6.07, 6.45) is 3.52. The van der Waals surface area contributed by atoms with E-state index in [1.807, 2.05) is 12.1 Å². The minimum atomic E-state index is -0.162. The minimum absolute atomic E-state index is 0.162. The standard InChI is InChI=1S/C14H21FN2/c1-11(17-10-14-3-2-8-16-14)9-12-4-6-13(15)7-5-12/h4-7,11,14,16-17H,2-3,8-10H2,1H3. The molecule has 2 unspecified atom stereocenters. The predicted octanol–water partition coefficient (Wildman–Crippen LogP) is 2.10. The van der Waals surface area contributed by atoms with Crippen LogP contribution in [0.25, 0.3) is 0 Å². The molecule has 2 atom stereocenters. The van der Waals surface area contributed by atoms with Gasteiger partial charge in [0.25, 0.3) is 0 Å². The Hall–Kier alpha value is -0.930. The fourth-order valence-corrected chi connectivity index (χ4v) is 2.32. The van der Waals surface area contributed by atoms with Crippen molar-refractivity contribution in [2.45, 2.75) is 38.3 Å². The summed E-state index contributed by atoms with van der Waals surface area (Å²) < 4.78 is 12.8. The van der Waals surface area contributed by atoms with Crippen molar-refractivity contribution in [2.24, 2.45) is 0 Å². The zero-order valence-corrected chi connectivity index (χ0v) is 10.4. The van der Waals surface area contributed by atoms with Gasteiger partial charge in [0.2, 0.25) is 0 Å². The lowest BCUT2D eigenvalue weighted by Gasteiger charge is -2.17. The summed E-state index contributed by atoms with van der Waals surface area (Å²) in [5.41, 5.74) is 1.19. The van der Waals surface area contributed by atoms with Gasteiger partial charge in [0.15, 0.2) is 0 Å². The van der Waals surface area contributed by atoms with Crippen molar-refractivity contribution in [2.75, 3.05) is 13.1 Å². The molecule has 0 spiro atoms. The summed E-state index contributed by atoms with van der Waals surface area (Å²) >= 11 is 0. The number of rotatable bonds is 5. The first-order valence-corrected chi connectivity index (χ1v) is 6.45. The number of halogens is 1. The van der Waals surface area contributed by atoms with Crippen molar-refractivity contribution >= 4 is 0 Å². The van der Waals surface area contributed by atoms with E-state index < -0.39 is 0 Å². The second-order valence-corrected chi connectivity index (χ2v) is 4.93. The highest BCUT2D eigenvalue weighted by Crippen LogP contribution is 2.07. The average Bonchev–Trinajstić information content (AvgIpc) is 2.83. The maximum Gasteiger partial charge on any atom is 0.123 e. The molecule has 0 aromatic heterocycles. The van der Waals surface area contributed by atoms with Crippen LogP contribution in [0.2, 0.25) is 0 Å². The van der Waals surface area contributed by atoms with Gasteiger partial charge in [-0.3, -0.25) is 0 Å². The molecule has 1 aromatic rings. The van der Waals surface area contributed by atoms with Gasteiger partial charge < -0.3 is 10.6 Å². The maximum atomic E-state index is 12.8. The van der Waals surface area contributed by atoms with Crippen LogP contribution in [0.5, 0.6) is 0 Å². The molecule has 2 nitrogen and oxygen atoms in total. The van der Waals surface area contributed by atoms with Gasteiger partial charge in [-0.25, -0.2) is 4.39 Å². The van der Waals surface area contributed by atoms with Crippen molar-refractivity contribution in [1.82, 2.24) is 10.6 Å². The van der Waals surface area contributed by atoms with Gasteiger partial charge in [0.05, 0.1) is 0 Å². The third kappa shape index (κ3) is 4.10. The minimum Gasteiger partial charge on any atom is -0.313 e. The smallest absolute Gasteiger partial charge is 0.123 e. The molecule has 0 saturated carbocycles. The fourth-order valence-electron chi connectivity index (χ4n) is 2.32. The van der Waals surface area contributed by atoms with Crippen LogP contribution in [0.1, 0.15) is 25.3 Å². The number of nitrogens with one attached hydrogen (secondary N) is 2. The Bertz CT molecular complexity index is 331. The Morgan fingerprint density at radius 3 is 2.82 bits per heavy atom. The van der Waals surface area contributed by atoms with E-state index in [1.54, 1.807) is 0 Å². The molecule has 0 aliphatic carbocycles. The van der Waals surface area contributed by atoms with E-state index in [9.17, 15) is 4.39 Å². The van der Waals surface area contributed by atoms with E-state index in [0.717, 1.165) is 19.5 Å². The van der Waals surface area contributed by atoms with Gasteiger partial charge in [-0.1, -0.05) is 12.1 Å². The van der Waals surface area contributed by atoms with Gasteiger partial charge >= 0.3 is 0 Å². The Labute approximate surface area is 103 Å². The number of hydrogen-bond donors (Lipinski definition) is 2. The van der Waals surface area contributed by atoms with Crippen LogP contribution in [-0.2, 0) is 6.42 Å². The van der Waals surface area contributed by atoms with Crippen molar-refractivity contribution in [3.05, 3.63) is 35.6 Å². The molecule has 17 heavy (non-hydrogen) atoms. The number of benzene rings is 1. The van der Waals surface area contributed by atoms with Crippen molar-refractivity contribution < 1.29 is 4.39 Å². The van der Waals surface area contributed by atoms with Gasteiger partial charge in [-0.15, -0.1) is 0 Å². The lowest BCUT2D eigenvalue weighted by Crippen LogP contribution is -2.39. The monoisotopic (exact) mass is 236 g/mol. The average molecular weight is 236 g/mol.